The largest absolute Gasteiger partial charge is 0.483 e. The molecule has 3 rings (SSSR count). The van der Waals surface area contributed by atoms with E-state index in [4.69, 9.17) is 16.3 Å². The van der Waals surface area contributed by atoms with Crippen LogP contribution in [0.25, 0.3) is 0 Å². The first-order valence-corrected chi connectivity index (χ1v) is 6.48. The lowest BCUT2D eigenvalue weighted by Gasteiger charge is -2.20. The number of nitrogens with zero attached hydrogens (tertiary/aromatic N) is 1. The molecule has 0 fully saturated rings. The van der Waals surface area contributed by atoms with Crippen molar-refractivity contribution in [2.75, 3.05) is 11.5 Å². The Labute approximate surface area is 120 Å². The van der Waals surface area contributed by atoms with Crippen LogP contribution in [-0.4, -0.2) is 12.5 Å². The molecule has 0 saturated heterocycles. The van der Waals surface area contributed by atoms with E-state index in [0.717, 1.165) is 5.56 Å². The lowest BCUT2D eigenvalue weighted by atomic mass is 10.1. The predicted octanol–water partition coefficient (Wildman–Crippen LogP) is 3.40. The van der Waals surface area contributed by atoms with Gasteiger partial charge in [-0.15, -0.1) is 0 Å². The average Bonchev–Trinajstić information content (AvgIpc) is 2.59. The van der Waals surface area contributed by atoms with Crippen LogP contribution in [0.4, 0.5) is 10.1 Å². The number of carbonyl (C=O) groups is 1. The zero-order chi connectivity index (χ0) is 14.1. The second-order valence-corrected chi connectivity index (χ2v) is 4.93. The second-order valence-electron chi connectivity index (χ2n) is 4.50. The first kappa shape index (κ1) is 12.9. The molecule has 1 aliphatic rings. The topological polar surface area (TPSA) is 29.5 Å². The summed E-state index contributed by atoms with van der Waals surface area (Å²) in [5, 5.41) is 0.584. The minimum Gasteiger partial charge on any atom is -0.483 e. The van der Waals surface area contributed by atoms with Crippen molar-refractivity contribution in [2.45, 2.75) is 6.54 Å². The summed E-state index contributed by atoms with van der Waals surface area (Å²) >= 11 is 5.97. The highest BCUT2D eigenvalue weighted by molar-refractivity contribution is 6.30. The zero-order valence-electron chi connectivity index (χ0n) is 10.5. The quantitative estimate of drug-likeness (QED) is 0.806. The SMILES string of the molecule is O=C1COc2ccc(Cl)cc2CN1c1ccc(F)cc1. The Bertz CT molecular complexity index is 657. The summed E-state index contributed by atoms with van der Waals surface area (Å²) in [5.74, 6) is 0.131. The number of anilines is 1. The van der Waals surface area contributed by atoms with Crippen molar-refractivity contribution in [3.05, 3.63) is 58.9 Å². The molecule has 2 aromatic rings. The Morgan fingerprint density at radius 2 is 1.90 bits per heavy atom. The van der Waals surface area contributed by atoms with Crippen LogP contribution in [0.15, 0.2) is 42.5 Å². The number of ether oxygens (including phenoxy) is 1. The van der Waals surface area contributed by atoms with Crippen LogP contribution in [0, 0.1) is 5.82 Å². The smallest absolute Gasteiger partial charge is 0.265 e. The van der Waals surface area contributed by atoms with Crippen LogP contribution in [0.1, 0.15) is 5.56 Å². The number of carbonyl (C=O) groups excluding carboxylic acids is 1. The number of hydrogen-bond donors (Lipinski definition) is 0. The number of benzene rings is 2. The molecule has 0 aromatic heterocycles. The summed E-state index contributed by atoms with van der Waals surface area (Å²) in [6, 6.07) is 11.0. The van der Waals surface area contributed by atoms with Gasteiger partial charge in [-0.2, -0.15) is 0 Å². The van der Waals surface area contributed by atoms with Gasteiger partial charge in [-0.1, -0.05) is 11.6 Å². The summed E-state index contributed by atoms with van der Waals surface area (Å²) < 4.78 is 18.4. The fourth-order valence-corrected chi connectivity index (χ4v) is 2.34. The van der Waals surface area contributed by atoms with E-state index in [1.165, 1.54) is 12.1 Å². The highest BCUT2D eigenvalue weighted by atomic mass is 35.5. The van der Waals surface area contributed by atoms with Crippen LogP contribution in [-0.2, 0) is 11.3 Å². The van der Waals surface area contributed by atoms with E-state index in [0.29, 0.717) is 23.0 Å². The maximum Gasteiger partial charge on any atom is 0.265 e. The summed E-state index contributed by atoms with van der Waals surface area (Å²) in [6.45, 7) is 0.298. The van der Waals surface area contributed by atoms with E-state index < -0.39 is 0 Å². The van der Waals surface area contributed by atoms with Gasteiger partial charge in [0.2, 0.25) is 0 Å². The maximum atomic E-state index is 13.0. The van der Waals surface area contributed by atoms with E-state index in [9.17, 15) is 9.18 Å². The van der Waals surface area contributed by atoms with Crippen LogP contribution in [0.2, 0.25) is 5.02 Å². The van der Waals surface area contributed by atoms with Gasteiger partial charge in [0, 0.05) is 16.3 Å². The van der Waals surface area contributed by atoms with E-state index in [-0.39, 0.29) is 18.3 Å². The summed E-state index contributed by atoms with van der Waals surface area (Å²) in [5.41, 5.74) is 1.46. The van der Waals surface area contributed by atoms with Gasteiger partial charge in [0.1, 0.15) is 11.6 Å². The summed E-state index contributed by atoms with van der Waals surface area (Å²) in [7, 11) is 0. The average molecular weight is 292 g/mol. The number of amides is 1. The molecule has 0 saturated carbocycles. The number of halogens is 2. The third kappa shape index (κ3) is 2.47. The molecule has 3 nitrogen and oxygen atoms in total. The van der Waals surface area contributed by atoms with Crippen molar-refractivity contribution in [3.8, 4) is 5.75 Å². The van der Waals surface area contributed by atoms with Crippen LogP contribution in [0.3, 0.4) is 0 Å². The minimum atomic E-state index is -0.337. The van der Waals surface area contributed by atoms with Crippen molar-refractivity contribution >= 4 is 23.2 Å². The standard InChI is InChI=1S/C15H11ClFNO2/c16-11-1-6-14-10(7-11)8-18(15(19)9-20-14)13-4-2-12(17)3-5-13/h1-7H,8-9H2. The van der Waals surface area contributed by atoms with Gasteiger partial charge in [0.15, 0.2) is 6.61 Å². The molecular weight excluding hydrogens is 281 g/mol. The summed E-state index contributed by atoms with van der Waals surface area (Å²) in [6.07, 6.45) is 0. The van der Waals surface area contributed by atoms with Gasteiger partial charge < -0.3 is 9.64 Å². The Kier molecular flexibility index (Phi) is 3.32. The lowest BCUT2D eigenvalue weighted by Crippen LogP contribution is -2.32. The van der Waals surface area contributed by atoms with Gasteiger partial charge in [-0.3, -0.25) is 4.79 Å². The Morgan fingerprint density at radius 3 is 2.65 bits per heavy atom. The van der Waals surface area contributed by atoms with E-state index >= 15 is 0 Å². The minimum absolute atomic E-state index is 0.0496. The highest BCUT2D eigenvalue weighted by Gasteiger charge is 2.23. The fraction of sp³-hybridized carbons (Fsp3) is 0.133. The Balaban J connectivity index is 1.98. The molecule has 0 atom stereocenters. The molecule has 0 aliphatic carbocycles. The Hall–Kier alpha value is -2.07. The number of rotatable bonds is 1. The normalized spacial score (nSPS) is 14.5. The van der Waals surface area contributed by atoms with Gasteiger partial charge in [0.05, 0.1) is 6.54 Å². The first-order chi connectivity index (χ1) is 9.63. The molecule has 0 unspecified atom stereocenters. The third-order valence-electron chi connectivity index (χ3n) is 3.14. The molecule has 102 valence electrons. The maximum absolute atomic E-state index is 13.0. The van der Waals surface area contributed by atoms with E-state index in [1.807, 2.05) is 0 Å². The van der Waals surface area contributed by atoms with Gasteiger partial charge in [-0.05, 0) is 42.5 Å². The fourth-order valence-electron chi connectivity index (χ4n) is 2.14. The van der Waals surface area contributed by atoms with E-state index in [2.05, 4.69) is 0 Å². The van der Waals surface area contributed by atoms with Crippen molar-refractivity contribution < 1.29 is 13.9 Å². The molecule has 0 radical (unpaired) electrons. The molecule has 0 spiro atoms. The van der Waals surface area contributed by atoms with Gasteiger partial charge >= 0.3 is 0 Å². The highest BCUT2D eigenvalue weighted by Crippen LogP contribution is 2.29. The molecule has 0 bridgehead atoms. The first-order valence-electron chi connectivity index (χ1n) is 6.10. The van der Waals surface area contributed by atoms with Gasteiger partial charge in [-0.25, -0.2) is 4.39 Å². The van der Waals surface area contributed by atoms with Crippen molar-refractivity contribution in [2.24, 2.45) is 0 Å². The predicted molar refractivity (Wildman–Crippen MR) is 74.5 cm³/mol. The molecule has 0 N–H and O–H groups in total. The molecule has 1 heterocycles. The Morgan fingerprint density at radius 1 is 1.15 bits per heavy atom. The number of hydrogen-bond acceptors (Lipinski definition) is 2. The number of fused-ring (bicyclic) bond motifs is 1. The molecular formula is C15H11ClFNO2. The molecule has 2 aromatic carbocycles. The second kappa shape index (κ2) is 5.13. The third-order valence-corrected chi connectivity index (χ3v) is 3.38. The molecule has 1 amide bonds. The van der Waals surface area contributed by atoms with Crippen molar-refractivity contribution in [3.63, 3.8) is 0 Å². The zero-order valence-corrected chi connectivity index (χ0v) is 11.2. The van der Waals surface area contributed by atoms with Crippen molar-refractivity contribution in [1.29, 1.82) is 0 Å². The monoisotopic (exact) mass is 291 g/mol. The van der Waals surface area contributed by atoms with Crippen LogP contribution < -0.4 is 9.64 Å². The molecule has 5 heteroatoms. The molecule has 20 heavy (non-hydrogen) atoms. The van der Waals surface area contributed by atoms with Crippen molar-refractivity contribution in [1.82, 2.24) is 0 Å². The van der Waals surface area contributed by atoms with Crippen LogP contribution >= 0.6 is 11.6 Å². The van der Waals surface area contributed by atoms with E-state index in [1.54, 1.807) is 35.2 Å². The lowest BCUT2D eigenvalue weighted by molar-refractivity contribution is -0.120. The summed E-state index contributed by atoms with van der Waals surface area (Å²) in [4.78, 5) is 13.7. The van der Waals surface area contributed by atoms with Crippen LogP contribution in [0.5, 0.6) is 5.75 Å². The van der Waals surface area contributed by atoms with Gasteiger partial charge in [0.25, 0.3) is 5.91 Å². The molecule has 1 aliphatic heterocycles.